The topological polar surface area (TPSA) is 78.0 Å². The molecule has 2 heterocycles. The molecule has 10 heteroatoms. The fraction of sp³-hybridized carbons (Fsp3) is 0.333. The minimum Gasteiger partial charge on any atom is -0.340 e. The second kappa shape index (κ2) is 8.82. The zero-order valence-corrected chi connectivity index (χ0v) is 19.3. The summed E-state index contributed by atoms with van der Waals surface area (Å²) in [6.07, 6.45) is 0. The summed E-state index contributed by atoms with van der Waals surface area (Å²) in [6.45, 7) is 3.17. The average molecular weight is 480 g/mol. The van der Waals surface area contributed by atoms with Crippen molar-refractivity contribution in [1.29, 1.82) is 0 Å². The molecule has 0 aliphatic carbocycles. The van der Waals surface area contributed by atoms with Gasteiger partial charge in [-0.2, -0.15) is 4.31 Å². The van der Waals surface area contributed by atoms with Gasteiger partial charge < -0.3 is 9.80 Å². The number of fused-ring (bicyclic) bond motifs is 1. The highest BCUT2D eigenvalue weighted by atomic mass is 35.5. The molecule has 2 aromatic carbocycles. The molecule has 1 fully saturated rings. The van der Waals surface area contributed by atoms with Crippen molar-refractivity contribution in [2.75, 3.05) is 43.4 Å². The van der Waals surface area contributed by atoms with Crippen LogP contribution in [0.5, 0.6) is 0 Å². The third-order valence-corrected chi connectivity index (χ3v) is 8.60. The number of amides is 2. The van der Waals surface area contributed by atoms with Crippen molar-refractivity contribution in [3.63, 3.8) is 0 Å². The first-order valence-corrected chi connectivity index (χ1v) is 12.7. The van der Waals surface area contributed by atoms with E-state index >= 15 is 0 Å². The Morgan fingerprint density at radius 1 is 1.00 bits per heavy atom. The lowest BCUT2D eigenvalue weighted by molar-refractivity contribution is -0.129. The maximum Gasteiger partial charge on any atom is 0.258 e. The molecule has 2 aliphatic rings. The molecule has 2 amide bonds. The van der Waals surface area contributed by atoms with Crippen molar-refractivity contribution >= 4 is 50.9 Å². The minimum atomic E-state index is -3.77. The fourth-order valence-electron chi connectivity index (χ4n) is 3.74. The molecule has 164 valence electrons. The van der Waals surface area contributed by atoms with Gasteiger partial charge in [0.25, 0.3) is 5.91 Å². The third-order valence-electron chi connectivity index (χ3n) is 5.43. The van der Waals surface area contributed by atoms with Gasteiger partial charge in [-0.05, 0) is 36.4 Å². The molecule has 0 spiro atoms. The van der Waals surface area contributed by atoms with Crippen LogP contribution in [0, 0.1) is 0 Å². The van der Waals surface area contributed by atoms with Crippen molar-refractivity contribution in [1.82, 2.24) is 9.21 Å². The van der Waals surface area contributed by atoms with E-state index in [2.05, 4.69) is 0 Å². The highest BCUT2D eigenvalue weighted by molar-refractivity contribution is 7.99. The van der Waals surface area contributed by atoms with Gasteiger partial charge in [0.2, 0.25) is 15.9 Å². The number of benzene rings is 2. The van der Waals surface area contributed by atoms with Gasteiger partial charge in [-0.25, -0.2) is 8.42 Å². The molecule has 0 saturated carbocycles. The summed E-state index contributed by atoms with van der Waals surface area (Å²) in [4.78, 5) is 29.1. The highest BCUT2D eigenvalue weighted by Gasteiger charge is 2.30. The van der Waals surface area contributed by atoms with Crippen LogP contribution in [0.3, 0.4) is 0 Å². The normalized spacial score (nSPS) is 17.4. The molecule has 4 rings (SSSR count). The summed E-state index contributed by atoms with van der Waals surface area (Å²) < 4.78 is 27.6. The van der Waals surface area contributed by atoms with Gasteiger partial charge in [-0.3, -0.25) is 9.59 Å². The number of hydrogen-bond acceptors (Lipinski definition) is 5. The number of anilines is 1. The van der Waals surface area contributed by atoms with Gasteiger partial charge in [0.1, 0.15) is 0 Å². The first-order valence-electron chi connectivity index (χ1n) is 9.87. The van der Waals surface area contributed by atoms with E-state index in [0.717, 1.165) is 16.3 Å². The number of halogens is 1. The van der Waals surface area contributed by atoms with Crippen molar-refractivity contribution in [3.8, 4) is 0 Å². The zero-order chi connectivity index (χ0) is 22.2. The zero-order valence-electron chi connectivity index (χ0n) is 17.0. The summed E-state index contributed by atoms with van der Waals surface area (Å²) in [6, 6.07) is 11.6. The maximum atomic E-state index is 13.3. The number of carbonyl (C=O) groups is 2. The molecule has 0 radical (unpaired) electrons. The fourth-order valence-corrected chi connectivity index (χ4v) is 6.35. The lowest BCUT2D eigenvalue weighted by Crippen LogP contribution is -2.49. The Labute approximate surface area is 191 Å². The molecule has 0 N–H and O–H groups in total. The van der Waals surface area contributed by atoms with Gasteiger partial charge in [0.05, 0.1) is 10.6 Å². The Balaban J connectivity index is 1.59. The van der Waals surface area contributed by atoms with Crippen LogP contribution in [-0.4, -0.2) is 67.9 Å². The molecule has 0 aromatic heterocycles. The van der Waals surface area contributed by atoms with Gasteiger partial charge in [-0.15, -0.1) is 11.8 Å². The number of rotatable bonds is 3. The van der Waals surface area contributed by atoms with Crippen LogP contribution in [0.2, 0.25) is 5.02 Å². The van der Waals surface area contributed by atoms with Crippen LogP contribution >= 0.6 is 23.4 Å². The second-order valence-corrected chi connectivity index (χ2v) is 10.9. The Kier molecular flexibility index (Phi) is 6.30. The maximum absolute atomic E-state index is 13.3. The molecule has 0 atom stereocenters. The van der Waals surface area contributed by atoms with Crippen LogP contribution in [0.4, 0.5) is 5.69 Å². The molecule has 0 bridgehead atoms. The SMILES string of the molecule is CC(=O)N1CCN(S(=O)(=O)c2cccc(C(=O)N3CCSc4ccc(Cl)cc43)c2)CC1. The minimum absolute atomic E-state index is 0.0651. The standard InChI is InChI=1S/C21H22ClN3O4S2/c1-15(26)23-7-9-24(10-8-23)31(28,29)18-4-2-3-16(13-18)21(27)25-11-12-30-20-6-5-17(22)14-19(20)25/h2-6,13-14H,7-12H2,1H3. The lowest BCUT2D eigenvalue weighted by atomic mass is 10.1. The largest absolute Gasteiger partial charge is 0.340 e. The summed E-state index contributed by atoms with van der Waals surface area (Å²) in [5.41, 5.74) is 1.05. The van der Waals surface area contributed by atoms with E-state index in [9.17, 15) is 18.0 Å². The summed E-state index contributed by atoms with van der Waals surface area (Å²) in [7, 11) is -3.77. The monoisotopic (exact) mass is 479 g/mol. The molecule has 0 unspecified atom stereocenters. The average Bonchev–Trinajstić information content (AvgIpc) is 2.78. The van der Waals surface area contributed by atoms with Gasteiger partial charge in [-0.1, -0.05) is 17.7 Å². The van der Waals surface area contributed by atoms with E-state index < -0.39 is 10.0 Å². The number of sulfonamides is 1. The van der Waals surface area contributed by atoms with Crippen LogP contribution in [-0.2, 0) is 14.8 Å². The Bertz CT molecular complexity index is 1130. The molecule has 31 heavy (non-hydrogen) atoms. The van der Waals surface area contributed by atoms with Crippen molar-refractivity contribution < 1.29 is 18.0 Å². The van der Waals surface area contributed by atoms with E-state index in [4.69, 9.17) is 11.6 Å². The summed E-state index contributed by atoms with van der Waals surface area (Å²) >= 11 is 7.80. The van der Waals surface area contributed by atoms with E-state index in [1.54, 1.807) is 45.8 Å². The van der Waals surface area contributed by atoms with Gasteiger partial charge >= 0.3 is 0 Å². The molecule has 2 aromatic rings. The second-order valence-electron chi connectivity index (χ2n) is 7.36. The molecule has 7 nitrogen and oxygen atoms in total. The summed E-state index contributed by atoms with van der Waals surface area (Å²) in [5.74, 6) is 0.422. The van der Waals surface area contributed by atoms with Crippen LogP contribution in [0.1, 0.15) is 17.3 Å². The van der Waals surface area contributed by atoms with Crippen molar-refractivity contribution in [2.24, 2.45) is 0 Å². The molecule has 2 aliphatic heterocycles. The predicted octanol–water partition coefficient (Wildman–Crippen LogP) is 2.95. The van der Waals surface area contributed by atoms with E-state index in [-0.39, 0.29) is 29.8 Å². The van der Waals surface area contributed by atoms with E-state index in [1.165, 1.54) is 23.4 Å². The number of carbonyl (C=O) groups excluding carboxylic acids is 2. The number of piperazine rings is 1. The van der Waals surface area contributed by atoms with Gasteiger partial charge in [0.15, 0.2) is 0 Å². The van der Waals surface area contributed by atoms with Crippen molar-refractivity contribution in [2.45, 2.75) is 16.7 Å². The van der Waals surface area contributed by atoms with E-state index in [1.807, 2.05) is 6.07 Å². The highest BCUT2D eigenvalue weighted by Crippen LogP contribution is 2.37. The molecule has 1 saturated heterocycles. The lowest BCUT2D eigenvalue weighted by Gasteiger charge is -2.33. The number of nitrogens with zero attached hydrogens (tertiary/aromatic N) is 3. The predicted molar refractivity (Wildman–Crippen MR) is 121 cm³/mol. The summed E-state index contributed by atoms with van der Waals surface area (Å²) in [5, 5.41) is 0.542. The first-order chi connectivity index (χ1) is 14.8. The molecular formula is C21H22ClN3O4S2. The Hall–Kier alpha value is -2.07. The van der Waals surface area contributed by atoms with E-state index in [0.29, 0.717) is 30.2 Å². The quantitative estimate of drug-likeness (QED) is 0.676. The van der Waals surface area contributed by atoms with Crippen LogP contribution < -0.4 is 4.90 Å². The number of hydrogen-bond donors (Lipinski definition) is 0. The van der Waals surface area contributed by atoms with Crippen LogP contribution in [0.15, 0.2) is 52.3 Å². The van der Waals surface area contributed by atoms with Gasteiger partial charge in [0, 0.05) is 60.9 Å². The molecular weight excluding hydrogens is 458 g/mol. The smallest absolute Gasteiger partial charge is 0.258 e. The van der Waals surface area contributed by atoms with Crippen LogP contribution in [0.25, 0.3) is 0 Å². The first kappa shape index (κ1) is 22.1. The third kappa shape index (κ3) is 4.45. The Morgan fingerprint density at radius 2 is 1.74 bits per heavy atom. The Morgan fingerprint density at radius 3 is 2.45 bits per heavy atom. The number of thioether (sulfide) groups is 1. The van der Waals surface area contributed by atoms with Crippen molar-refractivity contribution in [3.05, 3.63) is 53.1 Å².